The minimum Gasteiger partial charge on any atom is -0.317 e. The van der Waals surface area contributed by atoms with E-state index in [1.807, 2.05) is 0 Å². The van der Waals surface area contributed by atoms with E-state index in [4.69, 9.17) is 0 Å². The van der Waals surface area contributed by atoms with Crippen LogP contribution in [-0.4, -0.2) is 13.1 Å². The molecule has 0 spiro atoms. The first-order valence-electron chi connectivity index (χ1n) is 6.59. The molecular weight excluding hydrogens is 170 g/mol. The van der Waals surface area contributed by atoms with Crippen LogP contribution in [0.25, 0.3) is 0 Å². The van der Waals surface area contributed by atoms with Crippen molar-refractivity contribution >= 4 is 0 Å². The first-order valence-corrected chi connectivity index (χ1v) is 6.59. The molecule has 1 aliphatic rings. The number of rotatable bonds is 5. The van der Waals surface area contributed by atoms with Gasteiger partial charge in [-0.1, -0.05) is 39.5 Å². The molecular formula is C13H27N. The highest BCUT2D eigenvalue weighted by atomic mass is 14.8. The Morgan fingerprint density at radius 2 is 2.07 bits per heavy atom. The van der Waals surface area contributed by atoms with Crippen LogP contribution in [0, 0.1) is 11.8 Å². The Labute approximate surface area is 89.7 Å². The van der Waals surface area contributed by atoms with Crippen molar-refractivity contribution in [3.63, 3.8) is 0 Å². The van der Waals surface area contributed by atoms with Gasteiger partial charge in [-0.15, -0.1) is 0 Å². The largest absolute Gasteiger partial charge is 0.317 e. The maximum absolute atomic E-state index is 3.51. The highest BCUT2D eigenvalue weighted by molar-refractivity contribution is 4.73. The molecule has 1 unspecified atom stereocenters. The van der Waals surface area contributed by atoms with Gasteiger partial charge in [0, 0.05) is 0 Å². The summed E-state index contributed by atoms with van der Waals surface area (Å²) >= 11 is 0. The zero-order valence-corrected chi connectivity index (χ0v) is 10.0. The van der Waals surface area contributed by atoms with Gasteiger partial charge in [-0.2, -0.15) is 0 Å². The summed E-state index contributed by atoms with van der Waals surface area (Å²) in [5.74, 6) is 2.02. The predicted octanol–water partition coefficient (Wildman–Crippen LogP) is 3.59. The molecule has 0 aromatic rings. The standard InChI is InChI=1S/C13H27N/c1-3-5-7-12(4-2)13-8-6-10-14-11-9-13/h12-14H,3-11H2,1-2H3/t12-,13?/m0/s1. The Kier molecular flexibility index (Phi) is 6.25. The molecule has 1 heterocycles. The van der Waals surface area contributed by atoms with Gasteiger partial charge in [0.2, 0.25) is 0 Å². The van der Waals surface area contributed by atoms with E-state index in [1.165, 1.54) is 58.0 Å². The molecule has 14 heavy (non-hydrogen) atoms. The molecule has 1 aliphatic heterocycles. The third-order valence-electron chi connectivity index (χ3n) is 3.74. The Bertz CT molecular complexity index is 125. The number of hydrogen-bond acceptors (Lipinski definition) is 1. The number of hydrogen-bond donors (Lipinski definition) is 1. The van der Waals surface area contributed by atoms with E-state index in [0.29, 0.717) is 0 Å². The summed E-state index contributed by atoms with van der Waals surface area (Å²) in [6.45, 7) is 7.19. The Hall–Kier alpha value is -0.0400. The molecule has 0 radical (unpaired) electrons. The molecule has 2 atom stereocenters. The fraction of sp³-hybridized carbons (Fsp3) is 1.00. The summed E-state index contributed by atoms with van der Waals surface area (Å²) < 4.78 is 0. The van der Waals surface area contributed by atoms with Gasteiger partial charge in [-0.3, -0.25) is 0 Å². The molecule has 0 aliphatic carbocycles. The zero-order valence-electron chi connectivity index (χ0n) is 10.0. The van der Waals surface area contributed by atoms with Crippen LogP contribution in [0.1, 0.15) is 58.8 Å². The average Bonchev–Trinajstić information content (AvgIpc) is 2.48. The van der Waals surface area contributed by atoms with Crippen molar-refractivity contribution in [2.45, 2.75) is 58.8 Å². The van der Waals surface area contributed by atoms with E-state index in [2.05, 4.69) is 19.2 Å². The lowest BCUT2D eigenvalue weighted by molar-refractivity contribution is 0.273. The Morgan fingerprint density at radius 1 is 1.21 bits per heavy atom. The first-order chi connectivity index (χ1) is 6.88. The van der Waals surface area contributed by atoms with Crippen LogP contribution in [-0.2, 0) is 0 Å². The molecule has 1 heteroatoms. The highest BCUT2D eigenvalue weighted by Crippen LogP contribution is 2.29. The molecule has 0 aromatic heterocycles. The summed E-state index contributed by atoms with van der Waals surface area (Å²) in [6.07, 6.45) is 9.94. The van der Waals surface area contributed by atoms with Gasteiger partial charge in [-0.25, -0.2) is 0 Å². The molecule has 0 bridgehead atoms. The van der Waals surface area contributed by atoms with Gasteiger partial charge >= 0.3 is 0 Å². The van der Waals surface area contributed by atoms with Crippen LogP contribution in [0.15, 0.2) is 0 Å². The van der Waals surface area contributed by atoms with Crippen LogP contribution in [0.2, 0.25) is 0 Å². The van der Waals surface area contributed by atoms with E-state index in [0.717, 1.165) is 11.8 Å². The van der Waals surface area contributed by atoms with Crippen LogP contribution in [0.5, 0.6) is 0 Å². The SMILES string of the molecule is CCCC[C@H](CC)C1CCCNCC1. The minimum atomic E-state index is 1.01. The minimum absolute atomic E-state index is 1.01. The van der Waals surface area contributed by atoms with Gasteiger partial charge in [0.05, 0.1) is 0 Å². The molecule has 1 saturated heterocycles. The maximum Gasteiger partial charge on any atom is -0.00462 e. The van der Waals surface area contributed by atoms with E-state index in [-0.39, 0.29) is 0 Å². The second-order valence-electron chi connectivity index (χ2n) is 4.75. The third kappa shape index (κ3) is 4.00. The summed E-state index contributed by atoms with van der Waals surface area (Å²) in [6, 6.07) is 0. The lowest BCUT2D eigenvalue weighted by Crippen LogP contribution is -2.17. The molecule has 84 valence electrons. The van der Waals surface area contributed by atoms with Crippen molar-refractivity contribution in [1.29, 1.82) is 0 Å². The number of unbranched alkanes of at least 4 members (excludes halogenated alkanes) is 1. The lowest BCUT2D eigenvalue weighted by Gasteiger charge is -2.24. The van der Waals surface area contributed by atoms with Crippen LogP contribution < -0.4 is 5.32 Å². The quantitative estimate of drug-likeness (QED) is 0.710. The first kappa shape index (κ1) is 12.0. The molecule has 0 aromatic carbocycles. The topological polar surface area (TPSA) is 12.0 Å². The molecule has 0 saturated carbocycles. The van der Waals surface area contributed by atoms with E-state index >= 15 is 0 Å². The fourth-order valence-electron chi connectivity index (χ4n) is 2.76. The number of nitrogens with one attached hydrogen (secondary N) is 1. The lowest BCUT2D eigenvalue weighted by atomic mass is 9.81. The van der Waals surface area contributed by atoms with Crippen molar-refractivity contribution in [1.82, 2.24) is 5.32 Å². The fourth-order valence-corrected chi connectivity index (χ4v) is 2.76. The van der Waals surface area contributed by atoms with Crippen molar-refractivity contribution in [2.24, 2.45) is 11.8 Å². The summed E-state index contributed by atoms with van der Waals surface area (Å²) in [7, 11) is 0. The molecule has 0 amide bonds. The van der Waals surface area contributed by atoms with Gasteiger partial charge in [0.15, 0.2) is 0 Å². The second-order valence-corrected chi connectivity index (χ2v) is 4.75. The average molecular weight is 197 g/mol. The van der Waals surface area contributed by atoms with Crippen LogP contribution >= 0.6 is 0 Å². The predicted molar refractivity (Wildman–Crippen MR) is 63.5 cm³/mol. The Morgan fingerprint density at radius 3 is 2.79 bits per heavy atom. The summed E-state index contributed by atoms with van der Waals surface area (Å²) in [4.78, 5) is 0. The summed E-state index contributed by atoms with van der Waals surface area (Å²) in [5, 5.41) is 3.51. The summed E-state index contributed by atoms with van der Waals surface area (Å²) in [5.41, 5.74) is 0. The van der Waals surface area contributed by atoms with Crippen LogP contribution in [0.3, 0.4) is 0 Å². The smallest absolute Gasteiger partial charge is 0.00462 e. The van der Waals surface area contributed by atoms with Crippen LogP contribution in [0.4, 0.5) is 0 Å². The molecule has 1 nitrogen and oxygen atoms in total. The zero-order chi connectivity index (χ0) is 10.2. The Balaban J connectivity index is 2.32. The van der Waals surface area contributed by atoms with Gasteiger partial charge in [0.1, 0.15) is 0 Å². The molecule has 1 rings (SSSR count). The monoisotopic (exact) mass is 197 g/mol. The van der Waals surface area contributed by atoms with Crippen molar-refractivity contribution < 1.29 is 0 Å². The van der Waals surface area contributed by atoms with Gasteiger partial charge in [-0.05, 0) is 44.2 Å². The third-order valence-corrected chi connectivity index (χ3v) is 3.74. The van der Waals surface area contributed by atoms with Crippen molar-refractivity contribution in [3.8, 4) is 0 Å². The highest BCUT2D eigenvalue weighted by Gasteiger charge is 2.20. The van der Waals surface area contributed by atoms with Crippen molar-refractivity contribution in [3.05, 3.63) is 0 Å². The molecule has 1 N–H and O–H groups in total. The van der Waals surface area contributed by atoms with E-state index in [9.17, 15) is 0 Å². The van der Waals surface area contributed by atoms with E-state index in [1.54, 1.807) is 0 Å². The van der Waals surface area contributed by atoms with Gasteiger partial charge < -0.3 is 5.32 Å². The molecule has 1 fully saturated rings. The normalized spacial score (nSPS) is 25.7. The van der Waals surface area contributed by atoms with E-state index < -0.39 is 0 Å². The maximum atomic E-state index is 3.51. The van der Waals surface area contributed by atoms with Gasteiger partial charge in [0.25, 0.3) is 0 Å². The second kappa shape index (κ2) is 7.28. The van der Waals surface area contributed by atoms with Crippen molar-refractivity contribution in [2.75, 3.05) is 13.1 Å².